The van der Waals surface area contributed by atoms with Gasteiger partial charge in [-0.05, 0) is 74.4 Å². The van der Waals surface area contributed by atoms with Crippen LogP contribution in [0.3, 0.4) is 0 Å². The highest BCUT2D eigenvalue weighted by molar-refractivity contribution is 5.94. The van der Waals surface area contributed by atoms with E-state index in [-0.39, 0.29) is 12.0 Å². The van der Waals surface area contributed by atoms with Gasteiger partial charge in [-0.1, -0.05) is 18.2 Å². The van der Waals surface area contributed by atoms with E-state index < -0.39 is 0 Å². The largest absolute Gasteiger partial charge is 0.487 e. The lowest BCUT2D eigenvalue weighted by atomic mass is 10.0. The summed E-state index contributed by atoms with van der Waals surface area (Å²) in [6.45, 7) is 6.47. The molecule has 0 bridgehead atoms. The third kappa shape index (κ3) is 4.12. The second-order valence-electron chi connectivity index (χ2n) is 8.50. The second-order valence-corrected chi connectivity index (χ2v) is 8.50. The number of hydrogen-bond donors (Lipinski definition) is 1. The van der Waals surface area contributed by atoms with Gasteiger partial charge in [-0.15, -0.1) is 0 Å². The van der Waals surface area contributed by atoms with Crippen molar-refractivity contribution < 1.29 is 9.53 Å². The molecule has 1 aliphatic heterocycles. The lowest BCUT2D eigenvalue weighted by molar-refractivity contribution is 0.0933. The number of aromatic nitrogens is 3. The summed E-state index contributed by atoms with van der Waals surface area (Å²) in [5.74, 6) is 0.753. The monoisotopic (exact) mass is 438 g/mol. The fraction of sp³-hybridized carbons (Fsp3) is 0.222. The summed E-state index contributed by atoms with van der Waals surface area (Å²) in [6.07, 6.45) is 2.45. The second kappa shape index (κ2) is 8.54. The number of amides is 1. The van der Waals surface area contributed by atoms with Crippen molar-refractivity contribution in [2.24, 2.45) is 0 Å². The first-order valence-corrected chi connectivity index (χ1v) is 11.1. The zero-order chi connectivity index (χ0) is 22.9. The number of pyridine rings is 1. The predicted molar refractivity (Wildman–Crippen MR) is 128 cm³/mol. The van der Waals surface area contributed by atoms with Crippen LogP contribution in [0.4, 0.5) is 0 Å². The van der Waals surface area contributed by atoms with E-state index >= 15 is 0 Å². The molecule has 0 unspecified atom stereocenters. The Balaban J connectivity index is 1.25. The van der Waals surface area contributed by atoms with E-state index in [1.165, 1.54) is 0 Å². The van der Waals surface area contributed by atoms with Gasteiger partial charge in [0.25, 0.3) is 5.91 Å². The molecule has 33 heavy (non-hydrogen) atoms. The Morgan fingerprint density at radius 2 is 1.91 bits per heavy atom. The van der Waals surface area contributed by atoms with Gasteiger partial charge in [0, 0.05) is 29.4 Å². The number of para-hydroxylation sites is 1. The smallest absolute Gasteiger partial charge is 0.251 e. The van der Waals surface area contributed by atoms with Crippen molar-refractivity contribution in [1.82, 2.24) is 20.1 Å². The highest BCUT2D eigenvalue weighted by Crippen LogP contribution is 2.38. The number of carbonyl (C=O) groups excluding carboxylic acids is 1. The van der Waals surface area contributed by atoms with Crippen LogP contribution in [-0.2, 0) is 6.42 Å². The Bertz CT molecular complexity index is 1320. The topological polar surface area (TPSA) is 69.0 Å². The number of hydrogen-bond acceptors (Lipinski definition) is 4. The normalized spacial score (nSPS) is 14.6. The SMILES string of the molecule is Cc1cc(C)n(-c2ccc(C(=O)NC[C@H]3Cc4cccc(-c5ncccc5C)c4O3)cc2)n1. The van der Waals surface area contributed by atoms with Crippen molar-refractivity contribution in [2.45, 2.75) is 33.3 Å². The summed E-state index contributed by atoms with van der Waals surface area (Å²) in [4.78, 5) is 17.3. The highest BCUT2D eigenvalue weighted by atomic mass is 16.5. The molecule has 166 valence electrons. The quantitative estimate of drug-likeness (QED) is 0.495. The molecule has 1 N–H and O–H groups in total. The van der Waals surface area contributed by atoms with Crippen molar-refractivity contribution in [3.63, 3.8) is 0 Å². The van der Waals surface area contributed by atoms with Crippen LogP contribution in [0.25, 0.3) is 16.9 Å². The maximum Gasteiger partial charge on any atom is 0.251 e. The van der Waals surface area contributed by atoms with Gasteiger partial charge in [0.05, 0.1) is 23.6 Å². The molecule has 0 fully saturated rings. The zero-order valence-electron chi connectivity index (χ0n) is 19.0. The minimum Gasteiger partial charge on any atom is -0.487 e. The maximum atomic E-state index is 12.7. The van der Waals surface area contributed by atoms with Crippen LogP contribution < -0.4 is 10.1 Å². The van der Waals surface area contributed by atoms with Crippen molar-refractivity contribution >= 4 is 5.91 Å². The number of fused-ring (bicyclic) bond motifs is 1. The van der Waals surface area contributed by atoms with Gasteiger partial charge in [-0.2, -0.15) is 5.10 Å². The third-order valence-corrected chi connectivity index (χ3v) is 5.97. The average molecular weight is 439 g/mol. The van der Waals surface area contributed by atoms with Crippen molar-refractivity contribution in [1.29, 1.82) is 0 Å². The number of rotatable bonds is 5. The molecule has 5 rings (SSSR count). The molecule has 0 spiro atoms. The summed E-state index contributed by atoms with van der Waals surface area (Å²) >= 11 is 0. The number of ether oxygens (including phenoxy) is 1. The van der Waals surface area contributed by atoms with Crippen LogP contribution in [-0.4, -0.2) is 33.3 Å². The van der Waals surface area contributed by atoms with Crippen molar-refractivity contribution in [3.05, 3.63) is 94.9 Å². The van der Waals surface area contributed by atoms with E-state index in [0.29, 0.717) is 12.1 Å². The first-order valence-electron chi connectivity index (χ1n) is 11.1. The van der Waals surface area contributed by atoms with E-state index in [4.69, 9.17) is 4.74 Å². The fourth-order valence-electron chi connectivity index (χ4n) is 4.36. The summed E-state index contributed by atoms with van der Waals surface area (Å²) in [6, 6.07) is 19.7. The Morgan fingerprint density at radius 3 is 2.64 bits per heavy atom. The van der Waals surface area contributed by atoms with E-state index in [9.17, 15) is 4.79 Å². The molecule has 0 aliphatic carbocycles. The molecule has 1 amide bonds. The average Bonchev–Trinajstić information content (AvgIpc) is 3.39. The standard InChI is InChI=1S/C27H26N4O2/c1-17-6-5-13-28-25(17)24-8-4-7-21-15-23(33-26(21)24)16-29-27(32)20-9-11-22(12-10-20)31-19(3)14-18(2)30-31/h4-14,23H,15-16H2,1-3H3,(H,29,32)/t23-/m1/s1. The number of nitrogens with zero attached hydrogens (tertiary/aromatic N) is 3. The predicted octanol–water partition coefficient (Wildman–Crippen LogP) is 4.59. The van der Waals surface area contributed by atoms with Gasteiger partial charge in [0.1, 0.15) is 11.9 Å². The van der Waals surface area contributed by atoms with Crippen LogP contribution in [0.2, 0.25) is 0 Å². The van der Waals surface area contributed by atoms with Gasteiger partial charge in [0.2, 0.25) is 0 Å². The van der Waals surface area contributed by atoms with Crippen LogP contribution in [0.1, 0.15) is 32.9 Å². The lowest BCUT2D eigenvalue weighted by Gasteiger charge is -2.14. The molecule has 4 aromatic rings. The molecule has 0 saturated heterocycles. The zero-order valence-corrected chi connectivity index (χ0v) is 19.0. The van der Waals surface area contributed by atoms with Crippen molar-refractivity contribution in [3.8, 4) is 22.7 Å². The summed E-state index contributed by atoms with van der Waals surface area (Å²) in [5.41, 5.74) is 7.75. The molecule has 6 heteroatoms. The number of aryl methyl sites for hydroxylation is 3. The molecule has 3 heterocycles. The van der Waals surface area contributed by atoms with Gasteiger partial charge in [-0.25, -0.2) is 4.68 Å². The van der Waals surface area contributed by atoms with E-state index in [1.807, 2.05) is 67.1 Å². The summed E-state index contributed by atoms with van der Waals surface area (Å²) in [7, 11) is 0. The molecular weight excluding hydrogens is 412 g/mol. The Kier molecular flexibility index (Phi) is 5.42. The van der Waals surface area contributed by atoms with Crippen LogP contribution in [0.15, 0.2) is 66.9 Å². The van der Waals surface area contributed by atoms with Crippen molar-refractivity contribution in [2.75, 3.05) is 6.54 Å². The van der Waals surface area contributed by atoms with E-state index in [2.05, 4.69) is 34.5 Å². The van der Waals surface area contributed by atoms with Gasteiger partial charge in [-0.3, -0.25) is 9.78 Å². The molecule has 1 atom stereocenters. The van der Waals surface area contributed by atoms with Gasteiger partial charge >= 0.3 is 0 Å². The number of nitrogens with one attached hydrogen (secondary N) is 1. The van der Waals surface area contributed by atoms with E-state index in [1.54, 1.807) is 6.20 Å². The number of benzene rings is 2. The molecule has 2 aromatic carbocycles. The summed E-state index contributed by atoms with van der Waals surface area (Å²) in [5, 5.41) is 7.51. The highest BCUT2D eigenvalue weighted by Gasteiger charge is 2.27. The minimum atomic E-state index is -0.115. The Labute approximate surface area is 193 Å². The van der Waals surface area contributed by atoms with Crippen LogP contribution >= 0.6 is 0 Å². The van der Waals surface area contributed by atoms with Crippen LogP contribution in [0.5, 0.6) is 5.75 Å². The first-order chi connectivity index (χ1) is 16.0. The Hall–Kier alpha value is -3.93. The van der Waals surface area contributed by atoms with Gasteiger partial charge < -0.3 is 10.1 Å². The maximum absolute atomic E-state index is 12.7. The molecule has 0 radical (unpaired) electrons. The minimum absolute atomic E-state index is 0.108. The first kappa shape index (κ1) is 20.9. The summed E-state index contributed by atoms with van der Waals surface area (Å²) < 4.78 is 8.14. The lowest BCUT2D eigenvalue weighted by Crippen LogP contribution is -2.34. The molecular formula is C27H26N4O2. The molecule has 0 saturated carbocycles. The van der Waals surface area contributed by atoms with Crippen LogP contribution in [0, 0.1) is 20.8 Å². The van der Waals surface area contributed by atoms with E-state index in [0.717, 1.165) is 51.6 Å². The third-order valence-electron chi connectivity index (χ3n) is 5.97. The number of carbonyl (C=O) groups is 1. The molecule has 6 nitrogen and oxygen atoms in total. The fourth-order valence-corrected chi connectivity index (χ4v) is 4.36. The molecule has 2 aromatic heterocycles. The molecule has 1 aliphatic rings. The van der Waals surface area contributed by atoms with Gasteiger partial charge in [0.15, 0.2) is 0 Å². The Morgan fingerprint density at radius 1 is 1.09 bits per heavy atom.